The number of rotatable bonds is 5. The van der Waals surface area contributed by atoms with Crippen LogP contribution in [0.4, 0.5) is 0 Å². The molecule has 1 heterocycles. The summed E-state index contributed by atoms with van der Waals surface area (Å²) < 4.78 is 10.8. The molecule has 0 aromatic carbocycles. The zero-order valence-corrected chi connectivity index (χ0v) is 9.88. The summed E-state index contributed by atoms with van der Waals surface area (Å²) in [6, 6.07) is 1.94. The van der Waals surface area contributed by atoms with Crippen LogP contribution < -0.4 is 5.73 Å². The van der Waals surface area contributed by atoms with E-state index in [1.54, 1.807) is 6.26 Å². The second-order valence-electron chi connectivity index (χ2n) is 4.99. The number of hydrogen-bond acceptors (Lipinski definition) is 3. The largest absolute Gasteiger partial charge is 0.467 e. The van der Waals surface area contributed by atoms with Crippen LogP contribution in [0.15, 0.2) is 16.7 Å². The van der Waals surface area contributed by atoms with E-state index >= 15 is 0 Å². The van der Waals surface area contributed by atoms with Crippen LogP contribution in [0.3, 0.4) is 0 Å². The molecule has 15 heavy (non-hydrogen) atoms. The Labute approximate surface area is 91.6 Å². The minimum Gasteiger partial charge on any atom is -0.467 e. The zero-order chi connectivity index (χ0) is 11.3. The molecule has 0 aliphatic heterocycles. The lowest BCUT2D eigenvalue weighted by Gasteiger charge is -2.17. The molecule has 0 fully saturated rings. The summed E-state index contributed by atoms with van der Waals surface area (Å²) in [5.74, 6) is 0.851. The molecule has 2 N–H and O–H groups in total. The van der Waals surface area contributed by atoms with E-state index in [4.69, 9.17) is 14.9 Å². The Bertz CT molecular complexity index is 286. The Morgan fingerprint density at radius 3 is 2.67 bits per heavy atom. The highest BCUT2D eigenvalue weighted by atomic mass is 16.5. The van der Waals surface area contributed by atoms with E-state index in [0.29, 0.717) is 18.6 Å². The van der Waals surface area contributed by atoms with E-state index in [1.165, 1.54) is 0 Å². The predicted octanol–water partition coefficient (Wildman–Crippen LogP) is 2.69. The minimum atomic E-state index is 0.325. The molecule has 0 radical (unpaired) electrons. The molecule has 0 atom stereocenters. The molecular formula is C12H21NO2. The van der Waals surface area contributed by atoms with Gasteiger partial charge >= 0.3 is 0 Å². The van der Waals surface area contributed by atoms with E-state index in [0.717, 1.165) is 24.4 Å². The van der Waals surface area contributed by atoms with Gasteiger partial charge in [0.25, 0.3) is 0 Å². The van der Waals surface area contributed by atoms with Crippen molar-refractivity contribution >= 4 is 0 Å². The molecule has 1 rings (SSSR count). The maximum Gasteiger partial charge on any atom is 0.129 e. The SMILES string of the molecule is CC(C)(C)CCOCc1cc(CN)co1. The lowest BCUT2D eigenvalue weighted by atomic mass is 9.93. The highest BCUT2D eigenvalue weighted by molar-refractivity contribution is 5.11. The highest BCUT2D eigenvalue weighted by Gasteiger charge is 2.09. The summed E-state index contributed by atoms with van der Waals surface area (Å²) in [6.45, 7) is 8.44. The smallest absolute Gasteiger partial charge is 0.129 e. The predicted molar refractivity (Wildman–Crippen MR) is 60.3 cm³/mol. The molecule has 0 saturated heterocycles. The molecule has 0 aliphatic carbocycles. The van der Waals surface area contributed by atoms with Crippen molar-refractivity contribution in [3.8, 4) is 0 Å². The molecule has 0 spiro atoms. The van der Waals surface area contributed by atoms with Gasteiger partial charge in [-0.2, -0.15) is 0 Å². The van der Waals surface area contributed by atoms with E-state index in [-0.39, 0.29) is 0 Å². The minimum absolute atomic E-state index is 0.325. The Kier molecular flexibility index (Phi) is 4.36. The molecule has 3 heteroatoms. The molecule has 0 amide bonds. The average molecular weight is 211 g/mol. The van der Waals surface area contributed by atoms with Gasteiger partial charge in [0.1, 0.15) is 12.4 Å². The van der Waals surface area contributed by atoms with Crippen molar-refractivity contribution in [2.75, 3.05) is 6.61 Å². The molecule has 0 aliphatic rings. The van der Waals surface area contributed by atoms with Gasteiger partial charge in [0, 0.05) is 18.7 Å². The first-order valence-corrected chi connectivity index (χ1v) is 5.35. The maximum absolute atomic E-state index is 5.52. The summed E-state index contributed by atoms with van der Waals surface area (Å²) in [5.41, 5.74) is 6.82. The van der Waals surface area contributed by atoms with Crippen molar-refractivity contribution in [3.63, 3.8) is 0 Å². The Morgan fingerprint density at radius 1 is 1.40 bits per heavy atom. The van der Waals surface area contributed by atoms with Gasteiger partial charge in [0.05, 0.1) is 6.26 Å². The summed E-state index contributed by atoms with van der Waals surface area (Å²) in [5, 5.41) is 0. The maximum atomic E-state index is 5.52. The van der Waals surface area contributed by atoms with Crippen molar-refractivity contribution in [3.05, 3.63) is 23.7 Å². The summed E-state index contributed by atoms with van der Waals surface area (Å²) in [6.07, 6.45) is 2.74. The molecule has 0 saturated carbocycles. The zero-order valence-electron chi connectivity index (χ0n) is 9.88. The van der Waals surface area contributed by atoms with Gasteiger partial charge in [0.2, 0.25) is 0 Å². The van der Waals surface area contributed by atoms with E-state index in [2.05, 4.69) is 20.8 Å². The first kappa shape index (κ1) is 12.3. The quantitative estimate of drug-likeness (QED) is 0.762. The van der Waals surface area contributed by atoms with Gasteiger partial charge in [-0.1, -0.05) is 20.8 Å². The standard InChI is InChI=1S/C12H21NO2/c1-12(2,3)4-5-14-9-11-6-10(7-13)8-15-11/h6,8H,4-5,7,9,13H2,1-3H3. The van der Waals surface area contributed by atoms with Gasteiger partial charge in [-0.15, -0.1) is 0 Å². The average Bonchev–Trinajstić information content (AvgIpc) is 2.59. The van der Waals surface area contributed by atoms with Crippen molar-refractivity contribution in [2.24, 2.45) is 11.1 Å². The van der Waals surface area contributed by atoms with Crippen molar-refractivity contribution < 1.29 is 9.15 Å². The molecule has 0 unspecified atom stereocenters. The van der Waals surface area contributed by atoms with Gasteiger partial charge in [0.15, 0.2) is 0 Å². The third-order valence-corrected chi connectivity index (χ3v) is 2.18. The first-order chi connectivity index (χ1) is 7.01. The number of nitrogens with two attached hydrogens (primary N) is 1. The van der Waals surface area contributed by atoms with Crippen molar-refractivity contribution in [1.82, 2.24) is 0 Å². The third-order valence-electron chi connectivity index (χ3n) is 2.18. The second-order valence-corrected chi connectivity index (χ2v) is 4.99. The van der Waals surface area contributed by atoms with Crippen LogP contribution in [0.1, 0.15) is 38.5 Å². The fraction of sp³-hybridized carbons (Fsp3) is 0.667. The number of hydrogen-bond donors (Lipinski definition) is 1. The highest BCUT2D eigenvalue weighted by Crippen LogP contribution is 2.18. The number of ether oxygens (including phenoxy) is 1. The van der Waals surface area contributed by atoms with E-state index < -0.39 is 0 Å². The van der Waals surface area contributed by atoms with Gasteiger partial charge in [-0.25, -0.2) is 0 Å². The van der Waals surface area contributed by atoms with Crippen LogP contribution >= 0.6 is 0 Å². The van der Waals surface area contributed by atoms with Crippen LogP contribution in [0.2, 0.25) is 0 Å². The van der Waals surface area contributed by atoms with Crippen LogP contribution in [-0.2, 0) is 17.9 Å². The molecule has 0 bridgehead atoms. The lowest BCUT2D eigenvalue weighted by Crippen LogP contribution is -2.09. The van der Waals surface area contributed by atoms with Gasteiger partial charge < -0.3 is 14.9 Å². The van der Waals surface area contributed by atoms with Crippen molar-refractivity contribution in [2.45, 2.75) is 40.3 Å². The van der Waals surface area contributed by atoms with Crippen LogP contribution in [0.5, 0.6) is 0 Å². The van der Waals surface area contributed by atoms with Crippen LogP contribution in [0.25, 0.3) is 0 Å². The molecule has 86 valence electrons. The van der Waals surface area contributed by atoms with Crippen LogP contribution in [0, 0.1) is 5.41 Å². The third kappa shape index (κ3) is 5.00. The van der Waals surface area contributed by atoms with Gasteiger partial charge in [-0.3, -0.25) is 0 Å². The monoisotopic (exact) mass is 211 g/mol. The Hall–Kier alpha value is -0.800. The number of furan rings is 1. The topological polar surface area (TPSA) is 48.4 Å². The molecule has 1 aromatic rings. The second kappa shape index (κ2) is 5.33. The Morgan fingerprint density at radius 2 is 2.13 bits per heavy atom. The molecule has 1 aromatic heterocycles. The fourth-order valence-corrected chi connectivity index (χ4v) is 1.16. The normalized spacial score (nSPS) is 12.0. The Balaban J connectivity index is 2.20. The van der Waals surface area contributed by atoms with Gasteiger partial charge in [-0.05, 0) is 17.9 Å². The van der Waals surface area contributed by atoms with Crippen molar-refractivity contribution in [1.29, 1.82) is 0 Å². The summed E-state index contributed by atoms with van der Waals surface area (Å²) in [7, 11) is 0. The van der Waals surface area contributed by atoms with E-state index in [1.807, 2.05) is 6.07 Å². The summed E-state index contributed by atoms with van der Waals surface area (Å²) >= 11 is 0. The lowest BCUT2D eigenvalue weighted by molar-refractivity contribution is 0.0844. The van der Waals surface area contributed by atoms with E-state index in [9.17, 15) is 0 Å². The molecular weight excluding hydrogens is 190 g/mol. The summed E-state index contributed by atoms with van der Waals surface area (Å²) in [4.78, 5) is 0. The first-order valence-electron chi connectivity index (χ1n) is 5.35. The molecule has 3 nitrogen and oxygen atoms in total. The fourth-order valence-electron chi connectivity index (χ4n) is 1.16. The van der Waals surface area contributed by atoms with Crippen LogP contribution in [-0.4, -0.2) is 6.61 Å².